The van der Waals surface area contributed by atoms with E-state index in [1.54, 1.807) is 29.0 Å². The average Bonchev–Trinajstić information content (AvgIpc) is 2.65. The molecule has 0 atom stereocenters. The van der Waals surface area contributed by atoms with E-state index >= 15 is 0 Å². The molecule has 1 N–H and O–H groups in total. The predicted octanol–water partition coefficient (Wildman–Crippen LogP) is 2.39. The summed E-state index contributed by atoms with van der Waals surface area (Å²) in [5.74, 6) is 0.189. The maximum atomic E-state index is 11.8. The molecule has 2 aromatic heterocycles. The molecule has 16 heavy (non-hydrogen) atoms. The van der Waals surface area contributed by atoms with Crippen LogP contribution >= 0.6 is 27.3 Å². The summed E-state index contributed by atoms with van der Waals surface area (Å²) in [7, 11) is 0. The Kier molecular flexibility index (Phi) is 3.36. The molecule has 0 aliphatic rings. The Morgan fingerprint density at radius 2 is 2.25 bits per heavy atom. The van der Waals surface area contributed by atoms with E-state index in [0.717, 1.165) is 3.79 Å². The molecule has 0 aliphatic heterocycles. The van der Waals surface area contributed by atoms with Crippen LogP contribution in [0.1, 0.15) is 9.67 Å². The number of carbonyl (C=O) groups is 1. The Morgan fingerprint density at radius 1 is 1.44 bits per heavy atom. The van der Waals surface area contributed by atoms with Crippen LogP contribution in [0.3, 0.4) is 0 Å². The highest BCUT2D eigenvalue weighted by Gasteiger charge is 2.14. The molecular formula is C11H9BrNO2S+. The zero-order valence-corrected chi connectivity index (χ0v) is 10.7. The minimum Gasteiger partial charge on any atom is -0.503 e. The number of hydrogen-bond acceptors (Lipinski definition) is 3. The maximum Gasteiger partial charge on any atom is 0.237 e. The fourth-order valence-corrected chi connectivity index (χ4v) is 2.63. The van der Waals surface area contributed by atoms with Crippen LogP contribution in [-0.4, -0.2) is 10.9 Å². The standard InChI is InChI=1S/C11H8BrNO2S/c12-11-4-3-10(16-11)9(15)7-13-5-1-2-8(14)6-13/h1-6H,7H2/p+1. The lowest BCUT2D eigenvalue weighted by Gasteiger charge is -1.95. The van der Waals surface area contributed by atoms with Crippen molar-refractivity contribution in [3.8, 4) is 5.75 Å². The zero-order valence-electron chi connectivity index (χ0n) is 8.26. The van der Waals surface area contributed by atoms with Crippen molar-refractivity contribution in [2.45, 2.75) is 6.54 Å². The van der Waals surface area contributed by atoms with Gasteiger partial charge in [0.2, 0.25) is 18.5 Å². The third-order valence-electron chi connectivity index (χ3n) is 2.02. The highest BCUT2D eigenvalue weighted by atomic mass is 79.9. The molecule has 0 bridgehead atoms. The molecule has 5 heteroatoms. The number of pyridine rings is 1. The molecule has 0 saturated carbocycles. The van der Waals surface area contributed by atoms with Crippen LogP contribution in [0, 0.1) is 0 Å². The van der Waals surface area contributed by atoms with Crippen molar-refractivity contribution in [3.05, 3.63) is 45.3 Å². The van der Waals surface area contributed by atoms with Gasteiger partial charge in [-0.25, -0.2) is 0 Å². The first-order valence-electron chi connectivity index (χ1n) is 4.62. The third kappa shape index (κ3) is 2.68. The number of Topliss-reactive ketones (excluding diaryl/α,β-unsaturated/α-hetero) is 1. The lowest BCUT2D eigenvalue weighted by Crippen LogP contribution is -2.36. The summed E-state index contributed by atoms with van der Waals surface area (Å²) in [4.78, 5) is 12.5. The number of hydrogen-bond donors (Lipinski definition) is 1. The Balaban J connectivity index is 2.13. The number of halogens is 1. The molecule has 2 heterocycles. The molecule has 2 rings (SSSR count). The molecule has 3 nitrogen and oxygen atoms in total. The lowest BCUT2D eigenvalue weighted by molar-refractivity contribution is -0.683. The normalized spacial score (nSPS) is 10.3. The van der Waals surface area contributed by atoms with E-state index in [9.17, 15) is 9.90 Å². The van der Waals surface area contributed by atoms with Gasteiger partial charge in [-0.2, -0.15) is 4.57 Å². The van der Waals surface area contributed by atoms with Crippen LogP contribution in [-0.2, 0) is 6.54 Å². The van der Waals surface area contributed by atoms with Crippen molar-refractivity contribution in [3.63, 3.8) is 0 Å². The predicted molar refractivity (Wildman–Crippen MR) is 64.7 cm³/mol. The van der Waals surface area contributed by atoms with Crippen LogP contribution < -0.4 is 4.57 Å². The minimum absolute atomic E-state index is 0.0336. The number of carbonyl (C=O) groups excluding carboxylic acids is 1. The van der Waals surface area contributed by atoms with Gasteiger partial charge in [0, 0.05) is 6.07 Å². The maximum absolute atomic E-state index is 11.8. The second-order valence-corrected chi connectivity index (χ2v) is 5.72. The summed E-state index contributed by atoms with van der Waals surface area (Å²) in [6, 6.07) is 6.92. The third-order valence-corrected chi connectivity index (χ3v) is 3.68. The molecule has 82 valence electrons. The van der Waals surface area contributed by atoms with Crippen molar-refractivity contribution in [1.29, 1.82) is 0 Å². The van der Waals surface area contributed by atoms with Gasteiger partial charge in [-0.1, -0.05) is 0 Å². The van der Waals surface area contributed by atoms with Gasteiger partial charge in [-0.3, -0.25) is 4.79 Å². The molecule has 0 unspecified atom stereocenters. The van der Waals surface area contributed by atoms with Crippen LogP contribution in [0.4, 0.5) is 0 Å². The Labute approximate surface area is 105 Å². The molecule has 2 aromatic rings. The van der Waals surface area contributed by atoms with E-state index in [2.05, 4.69) is 15.9 Å². The fourth-order valence-electron chi connectivity index (χ4n) is 1.31. The number of aromatic nitrogens is 1. The molecule has 0 spiro atoms. The second-order valence-electron chi connectivity index (χ2n) is 3.26. The first kappa shape index (κ1) is 11.3. The van der Waals surface area contributed by atoms with Gasteiger partial charge < -0.3 is 5.11 Å². The van der Waals surface area contributed by atoms with E-state index in [1.165, 1.54) is 17.5 Å². The molecule has 0 aromatic carbocycles. The summed E-state index contributed by atoms with van der Waals surface area (Å²) in [6.07, 6.45) is 3.28. The van der Waals surface area contributed by atoms with Gasteiger partial charge in [-0.05, 0) is 34.1 Å². The Morgan fingerprint density at radius 3 is 2.88 bits per heavy atom. The van der Waals surface area contributed by atoms with Crippen molar-refractivity contribution in [1.82, 2.24) is 0 Å². The van der Waals surface area contributed by atoms with E-state index in [-0.39, 0.29) is 18.1 Å². The number of thiophene rings is 1. The highest BCUT2D eigenvalue weighted by Crippen LogP contribution is 2.22. The van der Waals surface area contributed by atoms with Crippen LogP contribution in [0.15, 0.2) is 40.4 Å². The van der Waals surface area contributed by atoms with E-state index in [1.807, 2.05) is 6.07 Å². The summed E-state index contributed by atoms with van der Waals surface area (Å²) < 4.78 is 2.60. The molecule has 0 radical (unpaired) electrons. The number of ketones is 1. The van der Waals surface area contributed by atoms with Gasteiger partial charge in [0.25, 0.3) is 0 Å². The highest BCUT2D eigenvalue weighted by molar-refractivity contribution is 9.11. The van der Waals surface area contributed by atoms with Gasteiger partial charge in [0.1, 0.15) is 0 Å². The monoisotopic (exact) mass is 298 g/mol. The Bertz CT molecular complexity index is 524. The fraction of sp³-hybridized carbons (Fsp3) is 0.0909. The van der Waals surface area contributed by atoms with Crippen LogP contribution in [0.25, 0.3) is 0 Å². The summed E-state index contributed by atoms with van der Waals surface area (Å²) >= 11 is 4.73. The molecule has 0 fully saturated rings. The largest absolute Gasteiger partial charge is 0.503 e. The first-order valence-corrected chi connectivity index (χ1v) is 6.23. The van der Waals surface area contributed by atoms with Crippen LogP contribution in [0.2, 0.25) is 0 Å². The van der Waals surface area contributed by atoms with E-state index < -0.39 is 0 Å². The first-order chi connectivity index (χ1) is 7.65. The van der Waals surface area contributed by atoms with Crippen LogP contribution in [0.5, 0.6) is 5.75 Å². The van der Waals surface area contributed by atoms with E-state index in [0.29, 0.717) is 4.88 Å². The smallest absolute Gasteiger partial charge is 0.237 e. The van der Waals surface area contributed by atoms with Crippen molar-refractivity contribution >= 4 is 33.0 Å². The number of rotatable bonds is 3. The van der Waals surface area contributed by atoms with Gasteiger partial charge in [-0.15, -0.1) is 11.3 Å². The van der Waals surface area contributed by atoms with E-state index in [4.69, 9.17) is 0 Å². The summed E-state index contributed by atoms with van der Waals surface area (Å²) in [5, 5.41) is 9.26. The number of nitrogens with zero attached hydrogens (tertiary/aromatic N) is 1. The SMILES string of the molecule is O=C(C[n+]1cccc(O)c1)c1ccc(Br)s1. The van der Waals surface area contributed by atoms with Gasteiger partial charge in [0.15, 0.2) is 11.9 Å². The topological polar surface area (TPSA) is 41.2 Å². The minimum atomic E-state index is 0.0336. The molecule has 0 amide bonds. The number of aromatic hydroxyl groups is 1. The van der Waals surface area contributed by atoms with Gasteiger partial charge >= 0.3 is 0 Å². The quantitative estimate of drug-likeness (QED) is 0.698. The summed E-state index contributed by atoms with van der Waals surface area (Å²) in [6.45, 7) is 0.237. The van der Waals surface area contributed by atoms with Gasteiger partial charge in [0.05, 0.1) is 8.66 Å². The van der Waals surface area contributed by atoms with Crippen molar-refractivity contribution in [2.75, 3.05) is 0 Å². The van der Waals surface area contributed by atoms with Crippen molar-refractivity contribution < 1.29 is 14.5 Å². The lowest BCUT2D eigenvalue weighted by atomic mass is 10.3. The summed E-state index contributed by atoms with van der Waals surface area (Å²) in [5.41, 5.74) is 0. The molecule has 0 saturated heterocycles. The average molecular weight is 299 g/mol. The molecule has 0 aliphatic carbocycles. The zero-order chi connectivity index (χ0) is 11.5. The molecular weight excluding hydrogens is 290 g/mol. The Hall–Kier alpha value is -1.20. The van der Waals surface area contributed by atoms with Crippen molar-refractivity contribution in [2.24, 2.45) is 0 Å². The second kappa shape index (κ2) is 4.76.